The Morgan fingerprint density at radius 1 is 1.56 bits per heavy atom. The zero-order chi connectivity index (χ0) is 13.4. The van der Waals surface area contributed by atoms with E-state index in [4.69, 9.17) is 4.52 Å². The summed E-state index contributed by atoms with van der Waals surface area (Å²) in [5.41, 5.74) is 0. The number of rotatable bonds is 8. The molecule has 1 unspecified atom stereocenters. The molecule has 1 atom stereocenters. The third-order valence-corrected chi connectivity index (χ3v) is 2.52. The van der Waals surface area contributed by atoms with Gasteiger partial charge in [-0.05, 0) is 19.8 Å². The first kappa shape index (κ1) is 14.6. The van der Waals surface area contributed by atoms with Crippen LogP contribution in [-0.4, -0.2) is 33.8 Å². The van der Waals surface area contributed by atoms with Crippen LogP contribution in [0.5, 0.6) is 0 Å². The van der Waals surface area contributed by atoms with Crippen LogP contribution >= 0.6 is 0 Å². The maximum Gasteiger partial charge on any atom is 0.226 e. The van der Waals surface area contributed by atoms with Crippen molar-refractivity contribution in [3.63, 3.8) is 0 Å². The molecule has 1 aromatic heterocycles. The monoisotopic (exact) mass is 255 g/mol. The van der Waals surface area contributed by atoms with E-state index in [0.29, 0.717) is 43.9 Å². The van der Waals surface area contributed by atoms with Crippen molar-refractivity contribution in [1.82, 2.24) is 15.5 Å². The van der Waals surface area contributed by atoms with Crippen molar-refractivity contribution < 1.29 is 14.4 Å². The summed E-state index contributed by atoms with van der Waals surface area (Å²) in [6.07, 6.45) is 2.84. The Bertz CT molecular complexity index is 365. The van der Waals surface area contributed by atoms with Crippen LogP contribution in [-0.2, 0) is 11.2 Å². The summed E-state index contributed by atoms with van der Waals surface area (Å²) in [6.45, 7) is 4.08. The normalized spacial score (nSPS) is 12.4. The maximum atomic E-state index is 11.5. The first-order chi connectivity index (χ1) is 8.61. The molecule has 1 heterocycles. The molecule has 0 aliphatic heterocycles. The van der Waals surface area contributed by atoms with Crippen molar-refractivity contribution in [2.24, 2.45) is 0 Å². The molecule has 0 aromatic carbocycles. The van der Waals surface area contributed by atoms with E-state index in [2.05, 4.69) is 15.5 Å². The van der Waals surface area contributed by atoms with Crippen LogP contribution in [0.2, 0.25) is 0 Å². The van der Waals surface area contributed by atoms with Crippen molar-refractivity contribution in [3.8, 4) is 0 Å². The molecule has 0 saturated heterocycles. The lowest BCUT2D eigenvalue weighted by Crippen LogP contribution is -2.31. The summed E-state index contributed by atoms with van der Waals surface area (Å²) in [4.78, 5) is 15.5. The van der Waals surface area contributed by atoms with Crippen LogP contribution in [0.4, 0.5) is 0 Å². The molecular formula is C12H21N3O3. The number of aliphatic hydroxyl groups excluding tert-OH is 1. The fourth-order valence-corrected chi connectivity index (χ4v) is 1.60. The molecule has 1 rings (SSSR count). The van der Waals surface area contributed by atoms with E-state index >= 15 is 0 Å². The first-order valence-corrected chi connectivity index (χ1v) is 6.35. The van der Waals surface area contributed by atoms with Gasteiger partial charge in [0, 0.05) is 19.4 Å². The van der Waals surface area contributed by atoms with E-state index in [-0.39, 0.29) is 5.91 Å². The Kier molecular flexibility index (Phi) is 6.35. The third kappa shape index (κ3) is 5.77. The van der Waals surface area contributed by atoms with Crippen molar-refractivity contribution >= 4 is 5.91 Å². The fraction of sp³-hybridized carbons (Fsp3) is 0.750. The number of hydrogen-bond donors (Lipinski definition) is 2. The van der Waals surface area contributed by atoms with Gasteiger partial charge in [-0.15, -0.1) is 0 Å². The van der Waals surface area contributed by atoms with Gasteiger partial charge in [-0.1, -0.05) is 18.5 Å². The molecule has 0 spiro atoms. The summed E-state index contributed by atoms with van der Waals surface area (Å²) < 4.78 is 4.94. The van der Waals surface area contributed by atoms with Crippen molar-refractivity contribution in [1.29, 1.82) is 0 Å². The molecule has 102 valence electrons. The Morgan fingerprint density at radius 2 is 2.33 bits per heavy atom. The lowest BCUT2D eigenvalue weighted by molar-refractivity contribution is -0.121. The largest absolute Gasteiger partial charge is 0.391 e. The minimum Gasteiger partial charge on any atom is -0.391 e. The van der Waals surface area contributed by atoms with E-state index in [1.165, 1.54) is 0 Å². The summed E-state index contributed by atoms with van der Waals surface area (Å²) in [7, 11) is 0. The highest BCUT2D eigenvalue weighted by Crippen LogP contribution is 2.02. The number of aliphatic hydroxyl groups is 1. The van der Waals surface area contributed by atoms with Crippen molar-refractivity contribution in [2.45, 2.75) is 52.1 Å². The van der Waals surface area contributed by atoms with Crippen molar-refractivity contribution in [2.75, 3.05) is 6.54 Å². The smallest absolute Gasteiger partial charge is 0.226 e. The Labute approximate surface area is 107 Å². The summed E-state index contributed by atoms with van der Waals surface area (Å²) >= 11 is 0. The number of amides is 1. The highest BCUT2D eigenvalue weighted by atomic mass is 16.5. The molecule has 1 amide bonds. The molecule has 0 aliphatic carbocycles. The SMILES string of the molecule is CCCC(O)CNC(=O)CCCc1nc(C)no1. The van der Waals surface area contributed by atoms with Gasteiger partial charge in [-0.2, -0.15) is 4.98 Å². The second-order valence-electron chi connectivity index (χ2n) is 4.34. The molecule has 18 heavy (non-hydrogen) atoms. The van der Waals surface area contributed by atoms with E-state index in [9.17, 15) is 9.90 Å². The second kappa shape index (κ2) is 7.81. The quantitative estimate of drug-likeness (QED) is 0.723. The fourth-order valence-electron chi connectivity index (χ4n) is 1.60. The van der Waals surface area contributed by atoms with Gasteiger partial charge in [-0.3, -0.25) is 4.79 Å². The van der Waals surface area contributed by atoms with Gasteiger partial charge in [0.1, 0.15) is 0 Å². The van der Waals surface area contributed by atoms with Gasteiger partial charge in [0.25, 0.3) is 0 Å². The van der Waals surface area contributed by atoms with Gasteiger partial charge >= 0.3 is 0 Å². The predicted molar refractivity (Wildman–Crippen MR) is 65.9 cm³/mol. The van der Waals surface area contributed by atoms with Crippen LogP contribution in [0.3, 0.4) is 0 Å². The van der Waals surface area contributed by atoms with Crippen LogP contribution in [0.15, 0.2) is 4.52 Å². The molecule has 0 radical (unpaired) electrons. The number of nitrogens with zero attached hydrogens (tertiary/aromatic N) is 2. The standard InChI is InChI=1S/C12H21N3O3/c1-3-5-10(16)8-13-11(17)6-4-7-12-14-9(2)15-18-12/h10,16H,3-8H2,1-2H3,(H,13,17). The molecule has 6 heteroatoms. The molecule has 0 saturated carbocycles. The topological polar surface area (TPSA) is 88.2 Å². The molecular weight excluding hydrogens is 234 g/mol. The average Bonchev–Trinajstić information content (AvgIpc) is 2.73. The van der Waals surface area contributed by atoms with Gasteiger partial charge in [0.05, 0.1) is 6.10 Å². The Morgan fingerprint density at radius 3 is 2.94 bits per heavy atom. The molecule has 0 fully saturated rings. The number of aryl methyl sites for hydroxylation is 2. The van der Waals surface area contributed by atoms with E-state index in [0.717, 1.165) is 6.42 Å². The predicted octanol–water partition coefficient (Wildman–Crippen LogP) is 0.978. The van der Waals surface area contributed by atoms with Crippen molar-refractivity contribution in [3.05, 3.63) is 11.7 Å². The lowest BCUT2D eigenvalue weighted by atomic mass is 10.2. The Balaban J connectivity index is 2.10. The number of carbonyl (C=O) groups is 1. The number of hydrogen-bond acceptors (Lipinski definition) is 5. The minimum absolute atomic E-state index is 0.0543. The maximum absolute atomic E-state index is 11.5. The van der Waals surface area contributed by atoms with Gasteiger partial charge in [0.15, 0.2) is 5.82 Å². The number of carbonyl (C=O) groups excluding carboxylic acids is 1. The lowest BCUT2D eigenvalue weighted by Gasteiger charge is -2.10. The highest BCUT2D eigenvalue weighted by molar-refractivity contribution is 5.75. The third-order valence-electron chi connectivity index (χ3n) is 2.52. The van der Waals surface area contributed by atoms with Crippen LogP contribution in [0.25, 0.3) is 0 Å². The van der Waals surface area contributed by atoms with Crippen LogP contribution < -0.4 is 5.32 Å². The summed E-state index contributed by atoms with van der Waals surface area (Å²) in [5.74, 6) is 1.12. The summed E-state index contributed by atoms with van der Waals surface area (Å²) in [6, 6.07) is 0. The minimum atomic E-state index is -0.447. The van der Waals surface area contributed by atoms with Gasteiger partial charge in [-0.25, -0.2) is 0 Å². The molecule has 0 aliphatic rings. The zero-order valence-corrected chi connectivity index (χ0v) is 11.0. The van der Waals surface area contributed by atoms with E-state index in [1.54, 1.807) is 6.92 Å². The Hall–Kier alpha value is -1.43. The number of aromatic nitrogens is 2. The van der Waals surface area contributed by atoms with Gasteiger partial charge < -0.3 is 14.9 Å². The second-order valence-corrected chi connectivity index (χ2v) is 4.34. The summed E-state index contributed by atoms with van der Waals surface area (Å²) in [5, 5.41) is 15.8. The van der Waals surface area contributed by atoms with Crippen LogP contribution in [0.1, 0.15) is 44.3 Å². The first-order valence-electron chi connectivity index (χ1n) is 6.35. The van der Waals surface area contributed by atoms with E-state index in [1.807, 2.05) is 6.92 Å². The highest BCUT2D eigenvalue weighted by Gasteiger charge is 2.07. The van der Waals surface area contributed by atoms with E-state index < -0.39 is 6.10 Å². The number of nitrogens with one attached hydrogen (secondary N) is 1. The molecule has 0 bridgehead atoms. The zero-order valence-electron chi connectivity index (χ0n) is 11.0. The molecule has 1 aromatic rings. The molecule has 2 N–H and O–H groups in total. The van der Waals surface area contributed by atoms with Gasteiger partial charge in [0.2, 0.25) is 11.8 Å². The van der Waals surface area contributed by atoms with Crippen LogP contribution in [0, 0.1) is 6.92 Å². The average molecular weight is 255 g/mol. The molecule has 6 nitrogen and oxygen atoms in total.